The minimum atomic E-state index is -0.115. The fourth-order valence-corrected chi connectivity index (χ4v) is 3.31. The highest BCUT2D eigenvalue weighted by atomic mass is 16.5. The predicted molar refractivity (Wildman–Crippen MR) is 99.9 cm³/mol. The molecule has 144 valence electrons. The molecule has 1 amide bonds. The molecule has 1 aliphatic rings. The zero-order valence-electron chi connectivity index (χ0n) is 15.7. The second-order valence-electron chi connectivity index (χ2n) is 6.56. The van der Waals surface area contributed by atoms with Gasteiger partial charge in [0.05, 0.1) is 20.1 Å². The van der Waals surface area contributed by atoms with Crippen LogP contribution in [0.1, 0.15) is 23.8 Å². The summed E-state index contributed by atoms with van der Waals surface area (Å²) in [6, 6.07) is 9.28. The molecule has 1 fully saturated rings. The van der Waals surface area contributed by atoms with E-state index in [2.05, 4.69) is 15.1 Å². The number of hydrogen-bond donors (Lipinski definition) is 0. The van der Waals surface area contributed by atoms with Gasteiger partial charge in [-0.15, -0.1) is 0 Å². The number of methoxy groups -OCH3 is 2. The number of ether oxygens (including phenoxy) is 2. The lowest BCUT2D eigenvalue weighted by Gasteiger charge is -2.17. The zero-order chi connectivity index (χ0) is 19.5. The van der Waals surface area contributed by atoms with Crippen LogP contribution in [-0.4, -0.2) is 46.7 Å². The number of pyridine rings is 1. The van der Waals surface area contributed by atoms with E-state index >= 15 is 0 Å². The normalized spacial score (nSPS) is 16.4. The fraction of sp³-hybridized carbons (Fsp3) is 0.300. The summed E-state index contributed by atoms with van der Waals surface area (Å²) in [5.41, 5.74) is 1.80. The van der Waals surface area contributed by atoms with Gasteiger partial charge in [-0.2, -0.15) is 4.98 Å². The van der Waals surface area contributed by atoms with Crippen LogP contribution in [0.5, 0.6) is 11.5 Å². The van der Waals surface area contributed by atoms with Gasteiger partial charge < -0.3 is 18.9 Å². The molecule has 2 aromatic heterocycles. The molecule has 4 rings (SSSR count). The van der Waals surface area contributed by atoms with Crippen molar-refractivity contribution in [1.82, 2.24) is 20.0 Å². The van der Waals surface area contributed by atoms with Gasteiger partial charge >= 0.3 is 0 Å². The molecule has 0 bridgehead atoms. The maximum Gasteiger partial charge on any atom is 0.232 e. The SMILES string of the molecule is COc1ccc(CN2CC(c3nc(-c4ccncc4)no3)CC2=O)cc1OC. The number of hydrogen-bond acceptors (Lipinski definition) is 7. The number of aromatic nitrogens is 3. The number of amides is 1. The summed E-state index contributed by atoms with van der Waals surface area (Å²) in [4.78, 5) is 22.7. The molecule has 28 heavy (non-hydrogen) atoms. The summed E-state index contributed by atoms with van der Waals surface area (Å²) in [5, 5.41) is 4.03. The van der Waals surface area contributed by atoms with Crippen LogP contribution < -0.4 is 9.47 Å². The molecular weight excluding hydrogens is 360 g/mol. The lowest BCUT2D eigenvalue weighted by molar-refractivity contribution is -0.128. The average molecular weight is 380 g/mol. The van der Waals surface area contributed by atoms with E-state index in [9.17, 15) is 4.79 Å². The Morgan fingerprint density at radius 2 is 1.93 bits per heavy atom. The van der Waals surface area contributed by atoms with Gasteiger partial charge in [-0.1, -0.05) is 11.2 Å². The molecule has 3 aromatic rings. The van der Waals surface area contributed by atoms with Crippen LogP contribution in [0.2, 0.25) is 0 Å². The van der Waals surface area contributed by atoms with Gasteiger partial charge in [-0.25, -0.2) is 0 Å². The van der Waals surface area contributed by atoms with Crippen molar-refractivity contribution >= 4 is 5.91 Å². The summed E-state index contributed by atoms with van der Waals surface area (Å²) in [6.45, 7) is 1.02. The highest BCUT2D eigenvalue weighted by Gasteiger charge is 2.34. The van der Waals surface area contributed by atoms with E-state index in [1.807, 2.05) is 30.3 Å². The quantitative estimate of drug-likeness (QED) is 0.649. The lowest BCUT2D eigenvalue weighted by Crippen LogP contribution is -2.24. The van der Waals surface area contributed by atoms with Gasteiger partial charge in [0, 0.05) is 37.5 Å². The van der Waals surface area contributed by atoms with E-state index in [0.29, 0.717) is 42.7 Å². The van der Waals surface area contributed by atoms with E-state index < -0.39 is 0 Å². The van der Waals surface area contributed by atoms with Gasteiger partial charge in [0.15, 0.2) is 11.5 Å². The largest absolute Gasteiger partial charge is 0.493 e. The van der Waals surface area contributed by atoms with E-state index in [-0.39, 0.29) is 11.8 Å². The third-order valence-electron chi connectivity index (χ3n) is 4.77. The summed E-state index contributed by atoms with van der Waals surface area (Å²) >= 11 is 0. The number of carbonyl (C=O) groups is 1. The summed E-state index contributed by atoms with van der Waals surface area (Å²) in [6.07, 6.45) is 3.70. The van der Waals surface area contributed by atoms with Gasteiger partial charge in [0.2, 0.25) is 17.6 Å². The van der Waals surface area contributed by atoms with Crippen molar-refractivity contribution in [3.8, 4) is 22.9 Å². The van der Waals surface area contributed by atoms with Crippen molar-refractivity contribution in [2.24, 2.45) is 0 Å². The zero-order valence-corrected chi connectivity index (χ0v) is 15.7. The van der Waals surface area contributed by atoms with Crippen molar-refractivity contribution in [1.29, 1.82) is 0 Å². The fourth-order valence-electron chi connectivity index (χ4n) is 3.31. The highest BCUT2D eigenvalue weighted by molar-refractivity contribution is 5.79. The maximum absolute atomic E-state index is 12.5. The Morgan fingerprint density at radius 3 is 2.68 bits per heavy atom. The maximum atomic E-state index is 12.5. The predicted octanol–water partition coefficient (Wildman–Crippen LogP) is 2.66. The van der Waals surface area contributed by atoms with Crippen LogP contribution in [0, 0.1) is 0 Å². The van der Waals surface area contributed by atoms with Gasteiger partial charge in [0.1, 0.15) is 0 Å². The van der Waals surface area contributed by atoms with Crippen LogP contribution in [0.15, 0.2) is 47.2 Å². The average Bonchev–Trinajstić information content (AvgIpc) is 3.36. The topological polar surface area (TPSA) is 90.6 Å². The second-order valence-corrected chi connectivity index (χ2v) is 6.56. The first-order valence-electron chi connectivity index (χ1n) is 8.90. The number of rotatable bonds is 6. The Kier molecular flexibility index (Phi) is 4.92. The Balaban J connectivity index is 1.47. The molecule has 1 unspecified atom stereocenters. The van der Waals surface area contributed by atoms with Crippen molar-refractivity contribution in [3.05, 3.63) is 54.2 Å². The molecule has 0 N–H and O–H groups in total. The second kappa shape index (κ2) is 7.67. The van der Waals surface area contributed by atoms with Gasteiger partial charge in [-0.05, 0) is 29.8 Å². The molecule has 8 heteroatoms. The van der Waals surface area contributed by atoms with Crippen LogP contribution in [-0.2, 0) is 11.3 Å². The smallest absolute Gasteiger partial charge is 0.232 e. The molecule has 1 aromatic carbocycles. The number of nitrogens with zero attached hydrogens (tertiary/aromatic N) is 4. The first-order valence-corrected chi connectivity index (χ1v) is 8.90. The summed E-state index contributed by atoms with van der Waals surface area (Å²) in [7, 11) is 3.19. The molecule has 0 saturated carbocycles. The molecule has 1 aliphatic heterocycles. The van der Waals surface area contributed by atoms with E-state index in [0.717, 1.165) is 11.1 Å². The molecule has 8 nitrogen and oxygen atoms in total. The van der Waals surface area contributed by atoms with Gasteiger partial charge in [-0.3, -0.25) is 9.78 Å². The molecule has 1 saturated heterocycles. The summed E-state index contributed by atoms with van der Waals surface area (Å²) in [5.74, 6) is 2.23. The Hall–Kier alpha value is -3.42. The van der Waals surface area contributed by atoms with Crippen molar-refractivity contribution in [3.63, 3.8) is 0 Å². The molecular formula is C20H20N4O4. The van der Waals surface area contributed by atoms with Crippen LogP contribution in [0.25, 0.3) is 11.4 Å². The molecule has 0 aliphatic carbocycles. The Bertz CT molecular complexity index is 973. The van der Waals surface area contributed by atoms with Crippen LogP contribution >= 0.6 is 0 Å². The van der Waals surface area contributed by atoms with Gasteiger partial charge in [0.25, 0.3) is 0 Å². The molecule has 1 atom stereocenters. The standard InChI is InChI=1S/C20H20N4O4/c1-26-16-4-3-13(9-17(16)27-2)11-24-12-15(10-18(24)25)20-22-19(23-28-20)14-5-7-21-8-6-14/h3-9,15H,10-12H2,1-2H3. The van der Waals surface area contributed by atoms with Crippen molar-refractivity contribution in [2.45, 2.75) is 18.9 Å². The van der Waals surface area contributed by atoms with E-state index in [4.69, 9.17) is 14.0 Å². The minimum Gasteiger partial charge on any atom is -0.493 e. The van der Waals surface area contributed by atoms with Crippen molar-refractivity contribution in [2.75, 3.05) is 20.8 Å². The molecule has 0 spiro atoms. The van der Waals surface area contributed by atoms with Crippen molar-refractivity contribution < 1.29 is 18.8 Å². The minimum absolute atomic E-state index is 0.0587. The van der Waals surface area contributed by atoms with E-state index in [1.54, 1.807) is 31.5 Å². The van der Waals surface area contributed by atoms with Crippen LogP contribution in [0.4, 0.5) is 0 Å². The lowest BCUT2D eigenvalue weighted by atomic mass is 10.1. The summed E-state index contributed by atoms with van der Waals surface area (Å²) < 4.78 is 16.0. The third kappa shape index (κ3) is 3.53. The number of benzene rings is 1. The van der Waals surface area contributed by atoms with Crippen LogP contribution in [0.3, 0.4) is 0 Å². The number of likely N-dealkylation sites (tertiary alicyclic amines) is 1. The van der Waals surface area contributed by atoms with E-state index in [1.165, 1.54) is 0 Å². The Morgan fingerprint density at radius 1 is 1.14 bits per heavy atom. The molecule has 3 heterocycles. The monoisotopic (exact) mass is 380 g/mol. The highest BCUT2D eigenvalue weighted by Crippen LogP contribution is 2.32. The first-order chi connectivity index (χ1) is 13.7. The third-order valence-corrected chi connectivity index (χ3v) is 4.77. The first kappa shape index (κ1) is 18.0. The Labute approximate surface area is 162 Å². The molecule has 0 radical (unpaired) electrons. The number of carbonyl (C=O) groups excluding carboxylic acids is 1.